The van der Waals surface area contributed by atoms with Gasteiger partial charge in [0.2, 0.25) is 5.89 Å². The summed E-state index contributed by atoms with van der Waals surface area (Å²) in [5.41, 5.74) is 3.19. The van der Waals surface area contributed by atoms with Crippen molar-refractivity contribution >= 4 is 11.8 Å². The van der Waals surface area contributed by atoms with Crippen molar-refractivity contribution in [2.75, 3.05) is 0 Å². The lowest BCUT2D eigenvalue weighted by Crippen LogP contribution is -2.10. The molecule has 0 bridgehead atoms. The lowest BCUT2D eigenvalue weighted by Gasteiger charge is -2.18. The van der Waals surface area contributed by atoms with Gasteiger partial charge in [-0.1, -0.05) is 49.8 Å². The van der Waals surface area contributed by atoms with Gasteiger partial charge in [-0.3, -0.25) is 0 Å². The van der Waals surface area contributed by atoms with Crippen LogP contribution in [-0.2, 0) is 11.2 Å². The van der Waals surface area contributed by atoms with Crippen LogP contribution >= 0.6 is 11.8 Å². The van der Waals surface area contributed by atoms with Gasteiger partial charge in [0.05, 0.1) is 11.4 Å². The van der Waals surface area contributed by atoms with Gasteiger partial charge in [-0.05, 0) is 30.0 Å². The highest BCUT2D eigenvalue weighted by Gasteiger charge is 2.15. The smallest absolute Gasteiger partial charge is 0.277 e. The number of rotatable bonds is 4. The molecule has 0 radical (unpaired) electrons. The van der Waals surface area contributed by atoms with Crippen molar-refractivity contribution in [1.29, 1.82) is 0 Å². The fraction of sp³-hybridized carbons (Fsp3) is 0.353. The number of aryl methyl sites for hydroxylation is 1. The molecule has 0 aliphatic rings. The van der Waals surface area contributed by atoms with Gasteiger partial charge in [-0.2, -0.15) is 0 Å². The minimum atomic E-state index is 0.129. The number of benzene rings is 1. The molecule has 2 heterocycles. The highest BCUT2D eigenvalue weighted by atomic mass is 32.2. The highest BCUT2D eigenvalue weighted by molar-refractivity contribution is 7.98. The van der Waals surface area contributed by atoms with Gasteiger partial charge in [-0.25, -0.2) is 0 Å². The van der Waals surface area contributed by atoms with E-state index in [1.807, 2.05) is 25.1 Å². The van der Waals surface area contributed by atoms with E-state index in [1.165, 1.54) is 17.3 Å². The predicted octanol–water partition coefficient (Wildman–Crippen LogP) is 4.62. The molecule has 1 aromatic carbocycles. The van der Waals surface area contributed by atoms with Crippen LogP contribution in [0.3, 0.4) is 0 Å². The summed E-state index contributed by atoms with van der Waals surface area (Å²) >= 11 is 1.44. The maximum absolute atomic E-state index is 5.70. The van der Waals surface area contributed by atoms with Crippen LogP contribution in [0.4, 0.5) is 0 Å². The molecule has 0 unspecified atom stereocenters. The SMILES string of the molecule is Cc1cc(CSc2nnc(-c3ccc(C(C)(C)C)cc3)o2)on1. The third-order valence-corrected chi connectivity index (χ3v) is 4.26. The van der Waals surface area contributed by atoms with E-state index in [0.717, 1.165) is 17.0 Å². The molecule has 6 heteroatoms. The Morgan fingerprint density at radius 2 is 1.83 bits per heavy atom. The van der Waals surface area contributed by atoms with Gasteiger partial charge in [0.25, 0.3) is 5.22 Å². The van der Waals surface area contributed by atoms with E-state index < -0.39 is 0 Å². The van der Waals surface area contributed by atoms with Crippen molar-refractivity contribution in [1.82, 2.24) is 15.4 Å². The summed E-state index contributed by atoms with van der Waals surface area (Å²) in [6.45, 7) is 8.46. The summed E-state index contributed by atoms with van der Waals surface area (Å²) in [7, 11) is 0. The minimum absolute atomic E-state index is 0.129. The molecule has 0 spiro atoms. The van der Waals surface area contributed by atoms with Crippen LogP contribution in [0.1, 0.15) is 37.8 Å². The van der Waals surface area contributed by atoms with Crippen molar-refractivity contribution in [2.24, 2.45) is 0 Å². The fourth-order valence-electron chi connectivity index (χ4n) is 2.11. The average molecular weight is 329 g/mol. The first-order valence-electron chi connectivity index (χ1n) is 7.41. The van der Waals surface area contributed by atoms with Gasteiger partial charge in [-0.15, -0.1) is 10.2 Å². The largest absolute Gasteiger partial charge is 0.411 e. The number of nitrogens with zero attached hydrogens (tertiary/aromatic N) is 3. The van der Waals surface area contributed by atoms with Crippen molar-refractivity contribution in [3.05, 3.63) is 47.3 Å². The molecule has 0 aliphatic heterocycles. The zero-order chi connectivity index (χ0) is 16.4. The minimum Gasteiger partial charge on any atom is -0.411 e. The first-order chi connectivity index (χ1) is 10.9. The zero-order valence-electron chi connectivity index (χ0n) is 13.7. The molecule has 23 heavy (non-hydrogen) atoms. The van der Waals surface area contributed by atoms with E-state index in [4.69, 9.17) is 8.94 Å². The van der Waals surface area contributed by atoms with E-state index >= 15 is 0 Å². The maximum atomic E-state index is 5.70. The second-order valence-corrected chi connectivity index (χ2v) is 7.35. The Labute approximate surface area is 139 Å². The van der Waals surface area contributed by atoms with E-state index in [0.29, 0.717) is 16.9 Å². The lowest BCUT2D eigenvalue weighted by atomic mass is 9.87. The summed E-state index contributed by atoms with van der Waals surface area (Å²) in [5, 5.41) is 12.6. The zero-order valence-corrected chi connectivity index (χ0v) is 14.5. The summed E-state index contributed by atoms with van der Waals surface area (Å²) < 4.78 is 10.9. The number of hydrogen-bond acceptors (Lipinski definition) is 6. The van der Waals surface area contributed by atoms with Crippen LogP contribution in [0.5, 0.6) is 0 Å². The molecule has 0 saturated heterocycles. The molecule has 3 aromatic rings. The van der Waals surface area contributed by atoms with E-state index in [9.17, 15) is 0 Å². The molecule has 5 nitrogen and oxygen atoms in total. The Hall–Kier alpha value is -2.08. The number of aromatic nitrogens is 3. The maximum Gasteiger partial charge on any atom is 0.277 e. The fourth-order valence-corrected chi connectivity index (χ4v) is 2.75. The van der Waals surface area contributed by atoms with Gasteiger partial charge >= 0.3 is 0 Å². The summed E-state index contributed by atoms with van der Waals surface area (Å²) in [4.78, 5) is 0. The Morgan fingerprint density at radius 3 is 2.43 bits per heavy atom. The van der Waals surface area contributed by atoms with Gasteiger partial charge in [0.1, 0.15) is 5.76 Å². The molecule has 2 aromatic heterocycles. The quantitative estimate of drug-likeness (QED) is 0.651. The van der Waals surface area contributed by atoms with E-state index in [1.54, 1.807) is 0 Å². The molecule has 0 atom stereocenters. The highest BCUT2D eigenvalue weighted by Crippen LogP contribution is 2.28. The molecule has 3 rings (SSSR count). The normalized spacial score (nSPS) is 11.8. The first kappa shape index (κ1) is 15.8. The van der Waals surface area contributed by atoms with Crippen LogP contribution in [0.2, 0.25) is 0 Å². The predicted molar refractivity (Wildman–Crippen MR) is 89.2 cm³/mol. The van der Waals surface area contributed by atoms with Crippen LogP contribution in [0.25, 0.3) is 11.5 Å². The second kappa shape index (κ2) is 6.20. The topological polar surface area (TPSA) is 65.0 Å². The molecule has 0 fully saturated rings. The Bertz CT molecular complexity index is 785. The average Bonchev–Trinajstić information content (AvgIpc) is 3.13. The van der Waals surface area contributed by atoms with Gasteiger partial charge in [0.15, 0.2) is 0 Å². The summed E-state index contributed by atoms with van der Waals surface area (Å²) in [6.07, 6.45) is 0. The summed E-state index contributed by atoms with van der Waals surface area (Å²) in [5.74, 6) is 1.94. The molecule has 120 valence electrons. The van der Waals surface area contributed by atoms with Crippen molar-refractivity contribution in [2.45, 2.75) is 44.1 Å². The molecule has 0 amide bonds. The summed E-state index contributed by atoms with van der Waals surface area (Å²) in [6, 6.07) is 10.1. The Balaban J connectivity index is 1.69. The van der Waals surface area contributed by atoms with Crippen LogP contribution < -0.4 is 0 Å². The number of thioether (sulfide) groups is 1. The van der Waals surface area contributed by atoms with Gasteiger partial charge in [0, 0.05) is 11.6 Å². The second-order valence-electron chi connectivity index (χ2n) is 6.42. The van der Waals surface area contributed by atoms with Crippen molar-refractivity contribution in [3.63, 3.8) is 0 Å². The number of hydrogen-bond donors (Lipinski definition) is 0. The Morgan fingerprint density at radius 1 is 1.09 bits per heavy atom. The standard InChI is InChI=1S/C17H19N3O2S/c1-11-9-14(22-20-11)10-23-16-19-18-15(21-16)12-5-7-13(8-6-12)17(2,3)4/h5-9H,10H2,1-4H3. The van der Waals surface area contributed by atoms with Crippen LogP contribution in [-0.4, -0.2) is 15.4 Å². The first-order valence-corrected chi connectivity index (χ1v) is 8.40. The van der Waals surface area contributed by atoms with E-state index in [2.05, 4.69) is 48.3 Å². The van der Waals surface area contributed by atoms with Crippen LogP contribution in [0.15, 0.2) is 44.5 Å². The monoisotopic (exact) mass is 329 g/mol. The Kier molecular flexibility index (Phi) is 4.26. The molecule has 0 aliphatic carbocycles. The van der Waals surface area contributed by atoms with Crippen LogP contribution in [0, 0.1) is 6.92 Å². The molecular weight excluding hydrogens is 310 g/mol. The molecular formula is C17H19N3O2S. The molecule has 0 saturated carbocycles. The molecule has 0 N–H and O–H groups in total. The van der Waals surface area contributed by atoms with E-state index in [-0.39, 0.29) is 5.41 Å². The van der Waals surface area contributed by atoms with Gasteiger partial charge < -0.3 is 8.94 Å². The third-order valence-electron chi connectivity index (χ3n) is 3.42. The third kappa shape index (κ3) is 3.82. The lowest BCUT2D eigenvalue weighted by molar-refractivity contribution is 0.390. The van der Waals surface area contributed by atoms with Crippen molar-refractivity contribution < 1.29 is 8.94 Å². The van der Waals surface area contributed by atoms with Crippen molar-refractivity contribution in [3.8, 4) is 11.5 Å².